The lowest BCUT2D eigenvalue weighted by atomic mass is 10.1. The Balaban J connectivity index is 1.40. The number of alkyl halides is 3. The lowest BCUT2D eigenvalue weighted by molar-refractivity contribution is -0.185. The van der Waals surface area contributed by atoms with Crippen LogP contribution in [0.5, 0.6) is 5.75 Å². The molecule has 10 heteroatoms. The Morgan fingerprint density at radius 2 is 1.81 bits per heavy atom. The molecule has 4 rings (SSSR count). The van der Waals surface area contributed by atoms with Gasteiger partial charge in [0.05, 0.1) is 12.1 Å². The van der Waals surface area contributed by atoms with E-state index in [1.807, 2.05) is 30.5 Å². The average molecular weight is 462 g/mol. The van der Waals surface area contributed by atoms with Gasteiger partial charge in [0.1, 0.15) is 17.9 Å². The van der Waals surface area contributed by atoms with E-state index in [0.717, 1.165) is 26.9 Å². The largest absolute Gasteiger partial charge is 0.489 e. The summed E-state index contributed by atoms with van der Waals surface area (Å²) in [5.74, 6) is -1.41. The number of hydrogen-bond acceptors (Lipinski definition) is 3. The third-order valence-corrected chi connectivity index (χ3v) is 5.41. The van der Waals surface area contributed by atoms with Gasteiger partial charge in [-0.3, -0.25) is 4.79 Å². The summed E-state index contributed by atoms with van der Waals surface area (Å²) in [6, 6.07) is 13.0. The fourth-order valence-electron chi connectivity index (χ4n) is 3.71. The van der Waals surface area contributed by atoms with Gasteiger partial charge >= 0.3 is 12.1 Å². The first-order valence-electron chi connectivity index (χ1n) is 10.1. The summed E-state index contributed by atoms with van der Waals surface area (Å²) in [6.07, 6.45) is -2.15. The number of aromatic amines is 3. The van der Waals surface area contributed by atoms with Crippen LogP contribution in [0.4, 0.5) is 13.2 Å². The number of fused-ring (bicyclic) bond motifs is 2. The normalized spacial score (nSPS) is 11.8. The summed E-state index contributed by atoms with van der Waals surface area (Å²) in [6.45, 7) is -0.300. The van der Waals surface area contributed by atoms with Crippen LogP contribution < -0.4 is 4.74 Å². The van der Waals surface area contributed by atoms with Crippen LogP contribution in [0.15, 0.2) is 48.7 Å². The van der Waals surface area contributed by atoms with Crippen LogP contribution in [0.25, 0.3) is 21.9 Å². The van der Waals surface area contributed by atoms with E-state index < -0.39 is 12.1 Å². The van der Waals surface area contributed by atoms with Crippen LogP contribution in [0, 0.1) is 4.77 Å². The molecule has 6 nitrogen and oxygen atoms in total. The highest BCUT2D eigenvalue weighted by atomic mass is 32.1. The second-order valence-corrected chi connectivity index (χ2v) is 7.77. The van der Waals surface area contributed by atoms with Gasteiger partial charge in [-0.1, -0.05) is 24.3 Å². The van der Waals surface area contributed by atoms with Gasteiger partial charge in [0, 0.05) is 23.6 Å². The molecule has 0 aliphatic rings. The molecule has 3 N–H and O–H groups in total. The smallest absolute Gasteiger partial charge is 0.471 e. The minimum absolute atomic E-state index is 0.0298. The van der Waals surface area contributed by atoms with Gasteiger partial charge in [-0.15, -0.1) is 0 Å². The van der Waals surface area contributed by atoms with Crippen LogP contribution in [-0.4, -0.2) is 51.6 Å². The number of aromatic nitrogens is 3. The van der Waals surface area contributed by atoms with Crippen LogP contribution in [0.1, 0.15) is 12.0 Å². The summed E-state index contributed by atoms with van der Waals surface area (Å²) in [5, 5.41) is 1.03. The van der Waals surface area contributed by atoms with Crippen molar-refractivity contribution in [3.05, 3.63) is 59.0 Å². The zero-order valence-corrected chi connectivity index (χ0v) is 17.8. The monoisotopic (exact) mass is 462 g/mol. The predicted octanol–water partition coefficient (Wildman–Crippen LogP) is 5.11. The first-order valence-corrected chi connectivity index (χ1v) is 10.5. The summed E-state index contributed by atoms with van der Waals surface area (Å²) in [5.41, 5.74) is 3.34. The van der Waals surface area contributed by atoms with Gasteiger partial charge in [-0.25, -0.2) is 0 Å². The maximum Gasteiger partial charge on any atom is 0.471 e. The lowest BCUT2D eigenvalue weighted by Crippen LogP contribution is -2.43. The number of imidazole rings is 1. The summed E-state index contributed by atoms with van der Waals surface area (Å²) in [7, 11) is 0. The number of halogens is 3. The number of nitrogens with one attached hydrogen (secondary N) is 3. The number of rotatable bonds is 8. The Morgan fingerprint density at radius 3 is 2.62 bits per heavy atom. The number of nitrogens with zero attached hydrogens (tertiary/aromatic N) is 1. The van der Waals surface area contributed by atoms with E-state index >= 15 is 0 Å². The number of hydrogen-bond donors (Lipinski definition) is 3. The van der Waals surface area contributed by atoms with Gasteiger partial charge in [0.15, 0.2) is 4.77 Å². The fraction of sp³-hybridized carbons (Fsp3) is 0.273. The number of amides is 1. The third-order valence-electron chi connectivity index (χ3n) is 5.21. The van der Waals surface area contributed by atoms with E-state index in [2.05, 4.69) is 15.0 Å². The maximum absolute atomic E-state index is 13.1. The molecule has 2 aromatic heterocycles. The zero-order valence-electron chi connectivity index (χ0n) is 17.0. The number of para-hydroxylation sites is 2. The minimum Gasteiger partial charge on any atom is -0.489 e. The maximum atomic E-state index is 13.1. The standard InChI is InChI=1S/C22H21F3N4O2S/c23-22(24,25)20(30)29(10-4-5-14-13-26-16-7-2-1-6-15(14)16)11-12-31-18-9-3-8-17-19(18)28-21(32)27-17/h1-3,6-9,13,26H,4-5,10-12H2,(H2,27,28,32). The van der Waals surface area contributed by atoms with Gasteiger partial charge < -0.3 is 24.6 Å². The average Bonchev–Trinajstić information content (AvgIpc) is 3.34. The van der Waals surface area contributed by atoms with Crippen LogP contribution in [-0.2, 0) is 11.2 Å². The Kier molecular flexibility index (Phi) is 6.22. The number of carbonyl (C=O) groups is 1. The van der Waals surface area contributed by atoms with Crippen LogP contribution in [0.2, 0.25) is 0 Å². The molecule has 2 heterocycles. The number of benzene rings is 2. The number of H-pyrrole nitrogens is 3. The van der Waals surface area contributed by atoms with Crippen LogP contribution in [0.3, 0.4) is 0 Å². The molecule has 0 aliphatic heterocycles. The summed E-state index contributed by atoms with van der Waals surface area (Å²) in [4.78, 5) is 21.8. The summed E-state index contributed by atoms with van der Waals surface area (Å²) >= 11 is 5.07. The van der Waals surface area contributed by atoms with Gasteiger partial charge in [-0.05, 0) is 48.8 Å². The second kappa shape index (κ2) is 9.07. The van der Waals surface area contributed by atoms with Crippen molar-refractivity contribution < 1.29 is 22.7 Å². The van der Waals surface area contributed by atoms with E-state index in [9.17, 15) is 18.0 Å². The molecular formula is C22H21F3N4O2S. The molecule has 0 unspecified atom stereocenters. The Labute approximate surface area is 186 Å². The quantitative estimate of drug-likeness (QED) is 0.319. The molecule has 0 fully saturated rings. The van der Waals surface area contributed by atoms with E-state index in [0.29, 0.717) is 28.9 Å². The molecule has 0 aliphatic carbocycles. The van der Waals surface area contributed by atoms with Crippen molar-refractivity contribution in [3.63, 3.8) is 0 Å². The first kappa shape index (κ1) is 21.9. The number of aryl methyl sites for hydroxylation is 1. The summed E-state index contributed by atoms with van der Waals surface area (Å²) < 4.78 is 45.4. The zero-order chi connectivity index (χ0) is 22.7. The van der Waals surface area contributed by atoms with Gasteiger partial charge in [0.25, 0.3) is 0 Å². The van der Waals surface area contributed by atoms with Gasteiger partial charge in [0.2, 0.25) is 0 Å². The Morgan fingerprint density at radius 1 is 1.03 bits per heavy atom. The van der Waals surface area contributed by atoms with Crippen molar-refractivity contribution in [1.29, 1.82) is 0 Å². The van der Waals surface area contributed by atoms with E-state index in [4.69, 9.17) is 17.0 Å². The highest BCUT2D eigenvalue weighted by Gasteiger charge is 2.42. The molecule has 1 amide bonds. The molecule has 0 atom stereocenters. The van der Waals surface area contributed by atoms with Crippen molar-refractivity contribution in [3.8, 4) is 5.75 Å². The number of ether oxygens (including phenoxy) is 1. The molecule has 168 valence electrons. The Bertz CT molecular complexity index is 1290. The van der Waals surface area contributed by atoms with E-state index in [1.165, 1.54) is 0 Å². The van der Waals surface area contributed by atoms with Crippen molar-refractivity contribution in [2.75, 3.05) is 19.7 Å². The van der Waals surface area contributed by atoms with Crippen molar-refractivity contribution in [2.45, 2.75) is 19.0 Å². The fourth-order valence-corrected chi connectivity index (χ4v) is 3.92. The first-order chi connectivity index (χ1) is 15.3. The SMILES string of the molecule is O=C(N(CCCc1c[nH]c2ccccc12)CCOc1cccc2[nH]c(=S)[nH]c12)C(F)(F)F. The molecule has 0 bridgehead atoms. The molecule has 0 saturated carbocycles. The topological polar surface area (TPSA) is 76.9 Å². The molecule has 0 saturated heterocycles. The van der Waals surface area contributed by atoms with Crippen LogP contribution >= 0.6 is 12.2 Å². The molecule has 4 aromatic rings. The lowest BCUT2D eigenvalue weighted by Gasteiger charge is -2.24. The number of carbonyl (C=O) groups excluding carboxylic acids is 1. The molecule has 0 radical (unpaired) electrons. The van der Waals surface area contributed by atoms with Crippen molar-refractivity contribution in [1.82, 2.24) is 19.9 Å². The van der Waals surface area contributed by atoms with E-state index in [1.54, 1.807) is 18.2 Å². The molecular weight excluding hydrogens is 441 g/mol. The minimum atomic E-state index is -4.94. The predicted molar refractivity (Wildman–Crippen MR) is 118 cm³/mol. The van der Waals surface area contributed by atoms with E-state index in [-0.39, 0.29) is 19.7 Å². The van der Waals surface area contributed by atoms with Crippen molar-refractivity contribution in [2.24, 2.45) is 0 Å². The molecule has 0 spiro atoms. The highest BCUT2D eigenvalue weighted by molar-refractivity contribution is 7.71. The molecule has 32 heavy (non-hydrogen) atoms. The van der Waals surface area contributed by atoms with Crippen molar-refractivity contribution >= 4 is 40.1 Å². The molecule has 2 aromatic carbocycles. The second-order valence-electron chi connectivity index (χ2n) is 7.36. The van der Waals surface area contributed by atoms with Gasteiger partial charge in [-0.2, -0.15) is 13.2 Å². The third kappa shape index (κ3) is 4.80. The Hall–Kier alpha value is -3.27. The highest BCUT2D eigenvalue weighted by Crippen LogP contribution is 2.24.